The first-order chi connectivity index (χ1) is 8.06. The van der Waals surface area contributed by atoms with Gasteiger partial charge in [0.1, 0.15) is 11.5 Å². The van der Waals surface area contributed by atoms with Crippen LogP contribution in [-0.2, 0) is 6.42 Å². The third kappa shape index (κ3) is 3.12. The molecule has 1 atom stereocenters. The van der Waals surface area contributed by atoms with Crippen molar-refractivity contribution in [2.24, 2.45) is 5.73 Å². The molecule has 4 heteroatoms. The maximum absolute atomic E-state index is 6.15. The standard InChI is InChI=1S/C13H13BrClNO/c1-8-2-5-13(17-8)12(16)6-9-3-4-10(14)7-11(9)15/h2-5,7,12H,6,16H2,1H3. The molecule has 0 saturated heterocycles. The van der Waals surface area contributed by atoms with E-state index in [9.17, 15) is 0 Å². The zero-order valence-corrected chi connectivity index (χ0v) is 11.8. The maximum Gasteiger partial charge on any atom is 0.121 e. The molecule has 1 aromatic carbocycles. The first kappa shape index (κ1) is 12.7. The topological polar surface area (TPSA) is 39.2 Å². The normalized spacial score (nSPS) is 12.7. The largest absolute Gasteiger partial charge is 0.465 e. The minimum absolute atomic E-state index is 0.164. The van der Waals surface area contributed by atoms with Crippen LogP contribution in [-0.4, -0.2) is 0 Å². The lowest BCUT2D eigenvalue weighted by molar-refractivity contribution is 0.445. The number of hydrogen-bond acceptors (Lipinski definition) is 2. The Kier molecular flexibility index (Phi) is 3.92. The maximum atomic E-state index is 6.15. The van der Waals surface area contributed by atoms with Crippen LogP contribution in [0.15, 0.2) is 39.2 Å². The third-order valence-corrected chi connectivity index (χ3v) is 3.43. The molecule has 0 aliphatic carbocycles. The third-order valence-electron chi connectivity index (χ3n) is 2.58. The second-order valence-corrected chi connectivity index (χ2v) is 5.32. The molecule has 1 heterocycles. The van der Waals surface area contributed by atoms with Crippen LogP contribution in [0.1, 0.15) is 23.1 Å². The smallest absolute Gasteiger partial charge is 0.121 e. The Balaban J connectivity index is 2.15. The fourth-order valence-corrected chi connectivity index (χ4v) is 2.43. The Labute approximate surface area is 114 Å². The van der Waals surface area contributed by atoms with Gasteiger partial charge in [0.05, 0.1) is 6.04 Å². The average molecular weight is 315 g/mol. The van der Waals surface area contributed by atoms with E-state index in [1.54, 1.807) is 0 Å². The highest BCUT2D eigenvalue weighted by molar-refractivity contribution is 9.10. The first-order valence-corrected chi connectivity index (χ1v) is 6.49. The van der Waals surface area contributed by atoms with E-state index in [0.29, 0.717) is 6.42 Å². The van der Waals surface area contributed by atoms with E-state index in [1.807, 2.05) is 37.3 Å². The van der Waals surface area contributed by atoms with Crippen LogP contribution in [0.25, 0.3) is 0 Å². The first-order valence-electron chi connectivity index (χ1n) is 5.32. The predicted molar refractivity (Wildman–Crippen MR) is 73.2 cm³/mol. The Morgan fingerprint density at radius 3 is 2.71 bits per heavy atom. The Morgan fingerprint density at radius 2 is 2.12 bits per heavy atom. The molecule has 2 N–H and O–H groups in total. The zero-order chi connectivity index (χ0) is 12.4. The van der Waals surface area contributed by atoms with Crippen LogP contribution in [0.4, 0.5) is 0 Å². The molecule has 0 bridgehead atoms. The van der Waals surface area contributed by atoms with Crippen LogP contribution < -0.4 is 5.73 Å². The van der Waals surface area contributed by atoms with Crippen LogP contribution >= 0.6 is 27.5 Å². The number of hydrogen-bond donors (Lipinski definition) is 1. The Morgan fingerprint density at radius 1 is 1.35 bits per heavy atom. The van der Waals surface area contributed by atoms with Crippen molar-refractivity contribution in [2.75, 3.05) is 0 Å². The summed E-state index contributed by atoms with van der Waals surface area (Å²) < 4.78 is 6.47. The van der Waals surface area contributed by atoms with E-state index < -0.39 is 0 Å². The highest BCUT2D eigenvalue weighted by Crippen LogP contribution is 2.26. The summed E-state index contributed by atoms with van der Waals surface area (Å²) >= 11 is 9.53. The van der Waals surface area contributed by atoms with Gasteiger partial charge in [0.2, 0.25) is 0 Å². The van der Waals surface area contributed by atoms with Gasteiger partial charge in [-0.05, 0) is 43.2 Å². The second-order valence-electron chi connectivity index (χ2n) is 3.99. The van der Waals surface area contributed by atoms with Gasteiger partial charge in [-0.1, -0.05) is 33.6 Å². The highest BCUT2D eigenvalue weighted by atomic mass is 79.9. The number of nitrogens with two attached hydrogens (primary N) is 1. The lowest BCUT2D eigenvalue weighted by atomic mass is 10.0. The molecule has 0 amide bonds. The molecule has 0 fully saturated rings. The number of aryl methyl sites for hydroxylation is 1. The van der Waals surface area contributed by atoms with E-state index >= 15 is 0 Å². The van der Waals surface area contributed by atoms with Crippen LogP contribution in [0.3, 0.4) is 0 Å². The predicted octanol–water partition coefficient (Wildman–Crippen LogP) is 4.25. The fourth-order valence-electron chi connectivity index (χ4n) is 1.68. The summed E-state index contributed by atoms with van der Waals surface area (Å²) in [7, 11) is 0. The van der Waals surface area contributed by atoms with Crippen LogP contribution in [0.2, 0.25) is 5.02 Å². The summed E-state index contributed by atoms with van der Waals surface area (Å²) in [4.78, 5) is 0. The fraction of sp³-hybridized carbons (Fsp3) is 0.231. The lowest BCUT2D eigenvalue weighted by Crippen LogP contribution is -2.12. The summed E-state index contributed by atoms with van der Waals surface area (Å²) in [6, 6.07) is 9.47. The van der Waals surface area contributed by atoms with Crippen molar-refractivity contribution in [3.8, 4) is 0 Å². The molecule has 2 rings (SSSR count). The van der Waals surface area contributed by atoms with Crippen molar-refractivity contribution in [3.63, 3.8) is 0 Å². The SMILES string of the molecule is Cc1ccc(C(N)Cc2ccc(Br)cc2Cl)o1. The van der Waals surface area contributed by atoms with Gasteiger partial charge in [0, 0.05) is 9.50 Å². The van der Waals surface area contributed by atoms with E-state index in [4.69, 9.17) is 21.8 Å². The van der Waals surface area contributed by atoms with Gasteiger partial charge in [0.15, 0.2) is 0 Å². The van der Waals surface area contributed by atoms with Crippen LogP contribution in [0.5, 0.6) is 0 Å². The van der Waals surface area contributed by atoms with Crippen molar-refractivity contribution in [1.29, 1.82) is 0 Å². The van der Waals surface area contributed by atoms with Crippen molar-refractivity contribution in [2.45, 2.75) is 19.4 Å². The Hall–Kier alpha value is -0.770. The molecule has 90 valence electrons. The van der Waals surface area contributed by atoms with E-state index in [-0.39, 0.29) is 6.04 Å². The number of halogens is 2. The van der Waals surface area contributed by atoms with Gasteiger partial charge < -0.3 is 10.2 Å². The van der Waals surface area contributed by atoms with Crippen molar-refractivity contribution >= 4 is 27.5 Å². The van der Waals surface area contributed by atoms with Crippen molar-refractivity contribution in [3.05, 3.63) is 56.9 Å². The zero-order valence-electron chi connectivity index (χ0n) is 9.41. The van der Waals surface area contributed by atoms with Gasteiger partial charge in [-0.15, -0.1) is 0 Å². The summed E-state index contributed by atoms with van der Waals surface area (Å²) in [6.45, 7) is 1.91. The van der Waals surface area contributed by atoms with Gasteiger partial charge in [0.25, 0.3) is 0 Å². The van der Waals surface area contributed by atoms with E-state index in [2.05, 4.69) is 15.9 Å². The van der Waals surface area contributed by atoms with Crippen molar-refractivity contribution < 1.29 is 4.42 Å². The highest BCUT2D eigenvalue weighted by Gasteiger charge is 2.12. The molecular weight excluding hydrogens is 302 g/mol. The molecule has 2 aromatic rings. The quantitative estimate of drug-likeness (QED) is 0.920. The minimum atomic E-state index is -0.164. The van der Waals surface area contributed by atoms with Gasteiger partial charge in [-0.25, -0.2) is 0 Å². The Bertz CT molecular complexity index is 524. The summed E-state index contributed by atoms with van der Waals surface area (Å²) in [5.74, 6) is 1.67. The minimum Gasteiger partial charge on any atom is -0.465 e. The molecule has 1 unspecified atom stereocenters. The lowest BCUT2D eigenvalue weighted by Gasteiger charge is -2.10. The van der Waals surface area contributed by atoms with Gasteiger partial charge in [-0.3, -0.25) is 0 Å². The molecule has 0 aliphatic heterocycles. The number of benzene rings is 1. The summed E-state index contributed by atoms with van der Waals surface area (Å²) in [5.41, 5.74) is 7.11. The molecule has 0 saturated carbocycles. The molecule has 0 aliphatic rings. The monoisotopic (exact) mass is 313 g/mol. The molecular formula is C13H13BrClNO. The van der Waals surface area contributed by atoms with E-state index in [0.717, 1.165) is 26.6 Å². The summed E-state index contributed by atoms with van der Waals surface area (Å²) in [5, 5.41) is 0.720. The molecule has 0 spiro atoms. The molecule has 2 nitrogen and oxygen atoms in total. The molecule has 17 heavy (non-hydrogen) atoms. The number of rotatable bonds is 3. The average Bonchev–Trinajstić information content (AvgIpc) is 2.69. The molecule has 0 radical (unpaired) electrons. The van der Waals surface area contributed by atoms with Gasteiger partial charge in [-0.2, -0.15) is 0 Å². The molecule has 1 aromatic heterocycles. The second kappa shape index (κ2) is 5.25. The summed E-state index contributed by atoms with van der Waals surface area (Å²) in [6.07, 6.45) is 0.666. The van der Waals surface area contributed by atoms with Crippen molar-refractivity contribution in [1.82, 2.24) is 0 Å². The van der Waals surface area contributed by atoms with Gasteiger partial charge >= 0.3 is 0 Å². The number of furan rings is 1. The van der Waals surface area contributed by atoms with E-state index in [1.165, 1.54) is 0 Å². The van der Waals surface area contributed by atoms with Crippen LogP contribution in [0, 0.1) is 6.92 Å².